The highest BCUT2D eigenvalue weighted by Gasteiger charge is 2.27. The number of methoxy groups -OCH3 is 1. The van der Waals surface area contributed by atoms with Gasteiger partial charge in [-0.15, -0.1) is 0 Å². The van der Waals surface area contributed by atoms with Gasteiger partial charge in [-0.05, 0) is 48.5 Å². The van der Waals surface area contributed by atoms with Gasteiger partial charge >= 0.3 is 0 Å². The van der Waals surface area contributed by atoms with E-state index in [0.717, 1.165) is 4.31 Å². The smallest absolute Gasteiger partial charge is 0.264 e. The average molecular weight is 482 g/mol. The maximum Gasteiger partial charge on any atom is 0.264 e. The Bertz CT molecular complexity index is 1280. The molecule has 0 spiro atoms. The van der Waals surface area contributed by atoms with Gasteiger partial charge in [0.2, 0.25) is 0 Å². The van der Waals surface area contributed by atoms with E-state index < -0.39 is 22.5 Å². The summed E-state index contributed by atoms with van der Waals surface area (Å²) in [6.45, 7) is 0.407. The molecule has 0 radical (unpaired) electrons. The molecule has 10 heteroatoms. The van der Waals surface area contributed by atoms with Crippen molar-refractivity contribution in [2.45, 2.75) is 4.90 Å². The van der Waals surface area contributed by atoms with Gasteiger partial charge < -0.3 is 14.2 Å². The van der Waals surface area contributed by atoms with E-state index in [9.17, 15) is 13.2 Å². The number of para-hydroxylation sites is 2. The fraction of sp³-hybridized carbons (Fsp3) is 0.167. The van der Waals surface area contributed by atoms with Gasteiger partial charge in [-0.1, -0.05) is 24.3 Å². The van der Waals surface area contributed by atoms with Crippen LogP contribution in [0.5, 0.6) is 17.2 Å². The fourth-order valence-electron chi connectivity index (χ4n) is 3.32. The lowest BCUT2D eigenvalue weighted by Gasteiger charge is -2.23. The van der Waals surface area contributed by atoms with Crippen LogP contribution in [0.2, 0.25) is 0 Å². The molecule has 1 heterocycles. The predicted molar refractivity (Wildman–Crippen MR) is 127 cm³/mol. The van der Waals surface area contributed by atoms with Crippen LogP contribution < -0.4 is 23.9 Å². The predicted octanol–water partition coefficient (Wildman–Crippen LogP) is 2.81. The summed E-state index contributed by atoms with van der Waals surface area (Å²) >= 11 is 0. The summed E-state index contributed by atoms with van der Waals surface area (Å²) in [4.78, 5) is 12.7. The zero-order chi connectivity index (χ0) is 24.0. The number of rotatable bonds is 8. The number of hydrogen-bond donors (Lipinski definition) is 1. The number of fused-ring (bicyclic) bond motifs is 1. The summed E-state index contributed by atoms with van der Waals surface area (Å²) in [6, 6.07) is 19.7. The second kappa shape index (κ2) is 10.3. The van der Waals surface area contributed by atoms with Crippen molar-refractivity contribution < 1.29 is 27.4 Å². The van der Waals surface area contributed by atoms with E-state index in [1.165, 1.54) is 25.5 Å². The molecule has 0 fully saturated rings. The largest absolute Gasteiger partial charge is 0.497 e. The van der Waals surface area contributed by atoms with Gasteiger partial charge in [0.15, 0.2) is 11.5 Å². The number of hydrazone groups is 1. The number of ether oxygens (including phenoxy) is 3. The van der Waals surface area contributed by atoms with Crippen LogP contribution >= 0.6 is 0 Å². The van der Waals surface area contributed by atoms with Crippen molar-refractivity contribution in [2.24, 2.45) is 5.10 Å². The molecule has 1 aliphatic heterocycles. The normalized spacial score (nSPS) is 12.9. The summed E-state index contributed by atoms with van der Waals surface area (Å²) in [5.41, 5.74) is 3.36. The molecular weight excluding hydrogens is 458 g/mol. The number of carbonyl (C=O) groups is 1. The van der Waals surface area contributed by atoms with E-state index in [0.29, 0.717) is 41.7 Å². The first-order valence-corrected chi connectivity index (χ1v) is 11.9. The van der Waals surface area contributed by atoms with Crippen LogP contribution in [0, 0.1) is 0 Å². The van der Waals surface area contributed by atoms with Crippen molar-refractivity contribution in [1.29, 1.82) is 0 Å². The number of sulfonamides is 1. The molecule has 3 aromatic rings. The van der Waals surface area contributed by atoms with E-state index in [2.05, 4.69) is 10.5 Å². The topological polar surface area (TPSA) is 107 Å². The van der Waals surface area contributed by atoms with Gasteiger partial charge in [0, 0.05) is 5.56 Å². The summed E-state index contributed by atoms with van der Waals surface area (Å²) in [5, 5.41) is 3.98. The number of hydrogen-bond acceptors (Lipinski definition) is 7. The Hall–Kier alpha value is -4.05. The molecule has 0 unspecified atom stereocenters. The van der Waals surface area contributed by atoms with Crippen LogP contribution in [0.1, 0.15) is 5.56 Å². The third-order valence-electron chi connectivity index (χ3n) is 4.97. The number of nitrogens with zero attached hydrogens (tertiary/aromatic N) is 2. The second-order valence-electron chi connectivity index (χ2n) is 7.19. The van der Waals surface area contributed by atoms with E-state index in [1.807, 2.05) is 0 Å². The monoisotopic (exact) mass is 481 g/mol. The van der Waals surface area contributed by atoms with Crippen molar-refractivity contribution in [3.05, 3.63) is 78.4 Å². The van der Waals surface area contributed by atoms with Crippen LogP contribution in [0.3, 0.4) is 0 Å². The van der Waals surface area contributed by atoms with Crippen LogP contribution in [0.4, 0.5) is 5.69 Å². The van der Waals surface area contributed by atoms with Crippen molar-refractivity contribution >= 4 is 27.8 Å². The number of amides is 1. The highest BCUT2D eigenvalue weighted by atomic mass is 32.2. The van der Waals surface area contributed by atoms with Crippen LogP contribution in [-0.2, 0) is 14.8 Å². The SMILES string of the molecule is COc1ccc(S(=O)(=O)N(CC(=O)N/N=C\c2cccc3c2OCCO3)c2ccccc2)cc1. The summed E-state index contributed by atoms with van der Waals surface area (Å²) < 4.78 is 44.0. The summed E-state index contributed by atoms with van der Waals surface area (Å²) in [7, 11) is -2.54. The Kier molecular flexibility index (Phi) is 6.98. The Morgan fingerprint density at radius 2 is 1.76 bits per heavy atom. The molecular formula is C24H23N3O6S. The molecule has 0 bridgehead atoms. The van der Waals surface area contributed by atoms with Crippen molar-refractivity contribution in [2.75, 3.05) is 31.2 Å². The van der Waals surface area contributed by atoms with Crippen LogP contribution in [-0.4, -0.2) is 47.4 Å². The minimum absolute atomic E-state index is 0.0292. The van der Waals surface area contributed by atoms with Crippen molar-refractivity contribution in [1.82, 2.24) is 5.43 Å². The lowest BCUT2D eigenvalue weighted by molar-refractivity contribution is -0.119. The molecule has 4 rings (SSSR count). The summed E-state index contributed by atoms with van der Waals surface area (Å²) in [5.74, 6) is 1.05. The molecule has 0 aliphatic carbocycles. The molecule has 1 aliphatic rings. The highest BCUT2D eigenvalue weighted by molar-refractivity contribution is 7.92. The zero-order valence-corrected chi connectivity index (χ0v) is 19.2. The van der Waals surface area contributed by atoms with Gasteiger partial charge in [-0.25, -0.2) is 13.8 Å². The molecule has 0 aromatic heterocycles. The average Bonchev–Trinajstić information content (AvgIpc) is 2.88. The molecule has 0 saturated carbocycles. The highest BCUT2D eigenvalue weighted by Crippen LogP contribution is 2.32. The fourth-order valence-corrected chi connectivity index (χ4v) is 4.74. The first kappa shape index (κ1) is 23.1. The zero-order valence-electron chi connectivity index (χ0n) is 18.4. The minimum atomic E-state index is -4.03. The lowest BCUT2D eigenvalue weighted by Crippen LogP contribution is -2.39. The van der Waals surface area contributed by atoms with Crippen LogP contribution in [0.25, 0.3) is 0 Å². The second-order valence-corrected chi connectivity index (χ2v) is 9.05. The van der Waals surface area contributed by atoms with E-state index in [1.54, 1.807) is 60.7 Å². The molecule has 176 valence electrons. The van der Waals surface area contributed by atoms with Gasteiger partial charge in [-0.3, -0.25) is 9.10 Å². The molecule has 0 atom stereocenters. The molecule has 34 heavy (non-hydrogen) atoms. The molecule has 3 aromatic carbocycles. The Balaban J connectivity index is 1.53. The van der Waals surface area contributed by atoms with Crippen molar-refractivity contribution in [3.8, 4) is 17.2 Å². The molecule has 1 amide bonds. The standard InChI is InChI=1S/C24H23N3O6S/c1-31-20-10-12-21(13-11-20)34(29,30)27(19-7-3-2-4-8-19)17-23(28)26-25-16-18-6-5-9-22-24(18)33-15-14-32-22/h2-13,16H,14-15,17H2,1H3,(H,26,28)/b25-16-. The third-order valence-corrected chi connectivity index (χ3v) is 6.76. The Labute approximate surface area is 197 Å². The first-order chi connectivity index (χ1) is 16.5. The number of nitrogens with one attached hydrogen (secondary N) is 1. The number of carbonyl (C=O) groups excluding carboxylic acids is 1. The van der Waals surface area contributed by atoms with E-state index in [4.69, 9.17) is 14.2 Å². The van der Waals surface area contributed by atoms with E-state index in [-0.39, 0.29) is 4.90 Å². The quantitative estimate of drug-likeness (QED) is 0.392. The van der Waals surface area contributed by atoms with Gasteiger partial charge in [0.25, 0.3) is 15.9 Å². The summed E-state index contributed by atoms with van der Waals surface area (Å²) in [6.07, 6.45) is 1.43. The first-order valence-electron chi connectivity index (χ1n) is 10.4. The van der Waals surface area contributed by atoms with Gasteiger partial charge in [0.1, 0.15) is 25.5 Å². The number of benzene rings is 3. The third kappa shape index (κ3) is 5.12. The molecule has 9 nitrogen and oxygen atoms in total. The maximum atomic E-state index is 13.4. The van der Waals surface area contributed by atoms with Crippen molar-refractivity contribution in [3.63, 3.8) is 0 Å². The maximum absolute atomic E-state index is 13.4. The van der Waals surface area contributed by atoms with Crippen LogP contribution in [0.15, 0.2) is 82.8 Å². The van der Waals surface area contributed by atoms with Gasteiger partial charge in [0.05, 0.1) is 23.9 Å². The Morgan fingerprint density at radius 1 is 1.03 bits per heavy atom. The van der Waals surface area contributed by atoms with E-state index >= 15 is 0 Å². The number of anilines is 1. The lowest BCUT2D eigenvalue weighted by atomic mass is 10.2. The minimum Gasteiger partial charge on any atom is -0.497 e. The Morgan fingerprint density at radius 3 is 2.50 bits per heavy atom. The molecule has 0 saturated heterocycles. The van der Waals surface area contributed by atoms with Gasteiger partial charge in [-0.2, -0.15) is 5.10 Å². The molecule has 1 N–H and O–H groups in total.